The molecule has 2 radical (unpaired) electrons. The zero-order chi connectivity index (χ0) is 18.5. The third-order valence-corrected chi connectivity index (χ3v) is 5.50. The van der Waals surface area contributed by atoms with Crippen molar-refractivity contribution in [3.8, 4) is 0 Å². The topological polar surface area (TPSA) is 89.5 Å². The standard InChI is InChI=1S/2C7H14O4P.12CH4.2V/c2*1-7(2,3)11-12(8)9-5-4-6-10-12;;;;;;;;;;;;;;/h2*5H,4,6H2,1-3H3;12*1H4;;/q2*-1;;;;;;;;;;;;;;/t2*12-;;;;;;;;;;;;;;/m10............../s1. The maximum absolute atomic E-state index is 11.6. The van der Waals surface area contributed by atoms with Gasteiger partial charge in [-0.25, -0.2) is 9.13 Å². The Morgan fingerprint density at radius 2 is 0.737 bits per heavy atom. The Hall–Kier alpha value is 1.39. The summed E-state index contributed by atoms with van der Waals surface area (Å²) in [5.41, 5.74) is -1.03. The van der Waals surface area contributed by atoms with E-state index in [1.165, 1.54) is 13.2 Å². The van der Waals surface area contributed by atoms with Gasteiger partial charge in [0.1, 0.15) is 0 Å². The molecule has 0 aliphatic carbocycles. The van der Waals surface area contributed by atoms with Crippen LogP contribution in [0.15, 0.2) is 0 Å². The molecule has 250 valence electrons. The predicted octanol–water partition coefficient (Wildman–Crippen LogP) is 12.6. The van der Waals surface area contributed by atoms with Gasteiger partial charge >= 0.3 is 15.6 Å². The summed E-state index contributed by atoms with van der Waals surface area (Å²) in [6, 6.07) is 0. The molecule has 0 aromatic heterocycles. The zero-order valence-corrected chi connectivity index (χ0v) is 20.6. The molecule has 0 aromatic rings. The molecule has 0 bridgehead atoms. The minimum atomic E-state index is -3.29. The van der Waals surface area contributed by atoms with E-state index in [9.17, 15) is 9.13 Å². The fourth-order valence-electron chi connectivity index (χ4n) is 1.54. The van der Waals surface area contributed by atoms with Gasteiger partial charge in [0.15, 0.2) is 0 Å². The Morgan fingerprint density at radius 3 is 0.868 bits per heavy atom. The van der Waals surface area contributed by atoms with Gasteiger partial charge in [0, 0.05) is 50.3 Å². The summed E-state index contributed by atoms with van der Waals surface area (Å²) in [6.07, 6.45) is 1.30. The van der Waals surface area contributed by atoms with Crippen molar-refractivity contribution in [2.75, 3.05) is 13.2 Å². The van der Waals surface area contributed by atoms with E-state index in [2.05, 4.69) is 0 Å². The molecule has 2 atom stereocenters. The summed E-state index contributed by atoms with van der Waals surface area (Å²) in [5.74, 6) is 0. The largest absolute Gasteiger partial charge is 0.464 e. The Labute approximate surface area is 269 Å². The molecule has 2 saturated heterocycles. The molecule has 0 saturated carbocycles. The number of phosphoric ester groups is 2. The van der Waals surface area contributed by atoms with Gasteiger partial charge in [-0.05, 0) is 41.5 Å². The molecule has 0 unspecified atom stereocenters. The third kappa shape index (κ3) is 44.4. The zero-order valence-electron chi connectivity index (χ0n) is 16.0. The normalized spacial score (nSPS) is 20.2. The van der Waals surface area contributed by atoms with Gasteiger partial charge < -0.3 is 9.05 Å². The van der Waals surface area contributed by atoms with E-state index in [0.717, 1.165) is 0 Å². The molecule has 38 heavy (non-hydrogen) atoms. The molecular formula is C26H76O8P2V2-2. The molecular weight excluding hydrogens is 604 g/mol. The Bertz CT molecular complexity index is 435. The van der Waals surface area contributed by atoms with E-state index in [4.69, 9.17) is 27.1 Å². The molecule has 2 aliphatic heterocycles. The van der Waals surface area contributed by atoms with Crippen molar-refractivity contribution in [3.05, 3.63) is 13.2 Å². The van der Waals surface area contributed by atoms with E-state index in [0.29, 0.717) is 26.1 Å². The maximum atomic E-state index is 11.6. The van der Waals surface area contributed by atoms with E-state index in [-0.39, 0.29) is 126 Å². The quantitative estimate of drug-likeness (QED) is 0.210. The average Bonchev–Trinajstić information content (AvgIpc) is 2.35. The number of phosphoric acid groups is 2. The van der Waals surface area contributed by atoms with Crippen molar-refractivity contribution in [1.29, 1.82) is 0 Å². The van der Waals surface area contributed by atoms with Gasteiger partial charge in [0.05, 0.1) is 11.2 Å². The third-order valence-electron chi connectivity index (χ3n) is 2.15. The first-order valence-electron chi connectivity index (χ1n) is 7.73. The second kappa shape index (κ2) is 38.4. The Balaban J connectivity index is -0.0000000185. The maximum Gasteiger partial charge on any atom is 0.444 e. The molecule has 0 aromatic carbocycles. The molecule has 12 heteroatoms. The summed E-state index contributed by atoms with van der Waals surface area (Å²) in [5, 5.41) is 0. The van der Waals surface area contributed by atoms with E-state index in [1.807, 2.05) is 0 Å². The van der Waals surface area contributed by atoms with Crippen LogP contribution in [0, 0.1) is 13.2 Å². The molecule has 2 heterocycles. The number of hydrogen-bond acceptors (Lipinski definition) is 8. The van der Waals surface area contributed by atoms with Crippen LogP contribution in [-0.4, -0.2) is 24.4 Å². The molecule has 8 nitrogen and oxygen atoms in total. The van der Waals surface area contributed by atoms with Crippen LogP contribution in [0.5, 0.6) is 0 Å². The van der Waals surface area contributed by atoms with Gasteiger partial charge in [-0.2, -0.15) is 13.2 Å². The molecule has 2 rings (SSSR count). The van der Waals surface area contributed by atoms with E-state index < -0.39 is 26.8 Å². The van der Waals surface area contributed by atoms with Crippen LogP contribution in [-0.2, 0) is 73.4 Å². The first-order chi connectivity index (χ1) is 10.8. The van der Waals surface area contributed by atoms with Crippen molar-refractivity contribution < 1.29 is 73.4 Å². The second-order valence-electron chi connectivity index (χ2n) is 7.09. The fraction of sp³-hybridized carbons (Fsp3) is 0.923. The van der Waals surface area contributed by atoms with Crippen molar-refractivity contribution in [1.82, 2.24) is 0 Å². The van der Waals surface area contributed by atoms with Crippen LogP contribution in [0.25, 0.3) is 0 Å². The summed E-state index contributed by atoms with van der Waals surface area (Å²) < 4.78 is 52.9. The number of hydrogen-bond donors (Lipinski definition) is 0. The molecule has 0 spiro atoms. The summed E-state index contributed by atoms with van der Waals surface area (Å²) >= 11 is 0. The van der Waals surface area contributed by atoms with Gasteiger partial charge in [-0.15, -0.1) is 12.8 Å². The average molecular weight is 681 g/mol. The van der Waals surface area contributed by atoms with Crippen LogP contribution >= 0.6 is 15.6 Å². The molecule has 2 fully saturated rings. The number of rotatable bonds is 2. The predicted molar refractivity (Wildman–Crippen MR) is 170 cm³/mol. The van der Waals surface area contributed by atoms with Gasteiger partial charge in [0.25, 0.3) is 0 Å². The van der Waals surface area contributed by atoms with Gasteiger partial charge in [0.2, 0.25) is 0 Å². The fourth-order valence-corrected chi connectivity index (χ4v) is 4.43. The molecule has 0 amide bonds. The summed E-state index contributed by atoms with van der Waals surface area (Å²) in [7, 11) is -6.58. The van der Waals surface area contributed by atoms with Gasteiger partial charge in [-0.1, -0.05) is 89.1 Å². The second-order valence-corrected chi connectivity index (χ2v) is 10.2. The van der Waals surface area contributed by atoms with Crippen molar-refractivity contribution in [2.24, 2.45) is 0 Å². The summed E-state index contributed by atoms with van der Waals surface area (Å²) in [6.45, 7) is 14.5. The van der Waals surface area contributed by atoms with E-state index >= 15 is 0 Å². The Kier molecular flexibility index (Phi) is 91.0. The minimum absolute atomic E-state index is 0. The Morgan fingerprint density at radius 1 is 0.526 bits per heavy atom. The van der Waals surface area contributed by atoms with E-state index in [1.54, 1.807) is 41.5 Å². The molecule has 2 aliphatic rings. The first kappa shape index (κ1) is 90.1. The van der Waals surface area contributed by atoms with Crippen LogP contribution in [0.4, 0.5) is 0 Å². The monoisotopic (exact) mass is 680 g/mol. The minimum Gasteiger partial charge on any atom is -0.464 e. The van der Waals surface area contributed by atoms with Crippen molar-refractivity contribution >= 4 is 15.6 Å². The van der Waals surface area contributed by atoms with Crippen LogP contribution < -0.4 is 0 Å². The summed E-state index contributed by atoms with van der Waals surface area (Å²) in [4.78, 5) is 0. The molecule has 0 N–H and O–H groups in total. The van der Waals surface area contributed by atoms with Gasteiger partial charge in [-0.3, -0.25) is 18.1 Å². The van der Waals surface area contributed by atoms with Crippen LogP contribution in [0.2, 0.25) is 0 Å². The van der Waals surface area contributed by atoms with Crippen LogP contribution in [0.1, 0.15) is 144 Å². The van der Waals surface area contributed by atoms with Crippen LogP contribution in [0.3, 0.4) is 0 Å². The SMILES string of the molecule is C.C.C.C.C.C.C.C.C.C.C.C.CC(C)(C)O[P@@]1(=O)O[CH-]CCO1.CC(C)(C)O[P@]1(=O)O[CH-]CCO1.[V].[V]. The van der Waals surface area contributed by atoms with Crippen molar-refractivity contribution in [2.45, 2.75) is 155 Å². The smallest absolute Gasteiger partial charge is 0.444 e. The first-order valence-corrected chi connectivity index (χ1v) is 10.7. The van der Waals surface area contributed by atoms with Crippen molar-refractivity contribution in [3.63, 3.8) is 0 Å².